The van der Waals surface area contributed by atoms with Gasteiger partial charge in [-0.3, -0.25) is 14.6 Å². The van der Waals surface area contributed by atoms with E-state index in [9.17, 15) is 14.4 Å². The maximum atomic E-state index is 12.2. The number of imide groups is 1. The Bertz CT molecular complexity index is 606. The van der Waals surface area contributed by atoms with Crippen molar-refractivity contribution in [3.8, 4) is 0 Å². The van der Waals surface area contributed by atoms with Crippen molar-refractivity contribution in [1.82, 2.24) is 4.90 Å². The van der Waals surface area contributed by atoms with Crippen LogP contribution in [0.4, 0.5) is 16.2 Å². The van der Waals surface area contributed by atoms with Crippen molar-refractivity contribution in [2.24, 2.45) is 5.92 Å². The molecule has 0 bridgehead atoms. The molecule has 1 aromatic rings. The highest BCUT2D eigenvalue weighted by atomic mass is 16.2. The fourth-order valence-corrected chi connectivity index (χ4v) is 3.14. The molecule has 0 N–H and O–H groups in total. The molecule has 122 valence electrons. The first-order valence-electron chi connectivity index (χ1n) is 7.98. The molecule has 0 aromatic heterocycles. The van der Waals surface area contributed by atoms with Gasteiger partial charge in [-0.1, -0.05) is 0 Å². The third-order valence-electron chi connectivity index (χ3n) is 4.70. The van der Waals surface area contributed by atoms with Gasteiger partial charge in [-0.25, -0.2) is 4.79 Å². The minimum Gasteiger partial charge on any atom is -0.371 e. The molecule has 3 amide bonds. The van der Waals surface area contributed by atoms with Crippen molar-refractivity contribution in [1.29, 1.82) is 0 Å². The lowest BCUT2D eigenvalue weighted by atomic mass is 9.98. The number of piperidine rings is 1. The third kappa shape index (κ3) is 3.06. The number of anilines is 2. The lowest BCUT2D eigenvalue weighted by Crippen LogP contribution is -2.50. The van der Waals surface area contributed by atoms with Gasteiger partial charge < -0.3 is 9.69 Å². The second kappa shape index (κ2) is 6.40. The molecule has 0 saturated carbocycles. The van der Waals surface area contributed by atoms with Gasteiger partial charge in [0, 0.05) is 50.4 Å². The zero-order chi connectivity index (χ0) is 16.4. The van der Waals surface area contributed by atoms with Crippen molar-refractivity contribution in [3.05, 3.63) is 24.3 Å². The second-order valence-electron chi connectivity index (χ2n) is 6.11. The molecule has 3 rings (SSSR count). The number of aldehydes is 1. The molecular formula is C17H21N3O3. The highest BCUT2D eigenvalue weighted by molar-refractivity contribution is 6.05. The Balaban J connectivity index is 1.69. The van der Waals surface area contributed by atoms with Gasteiger partial charge in [-0.2, -0.15) is 0 Å². The Labute approximate surface area is 135 Å². The quantitative estimate of drug-likeness (QED) is 0.799. The van der Waals surface area contributed by atoms with E-state index in [1.165, 1.54) is 11.9 Å². The molecule has 0 radical (unpaired) electrons. The van der Waals surface area contributed by atoms with Crippen LogP contribution in [0.3, 0.4) is 0 Å². The summed E-state index contributed by atoms with van der Waals surface area (Å²) in [4.78, 5) is 39.6. The monoisotopic (exact) mass is 315 g/mol. The highest BCUT2D eigenvalue weighted by Gasteiger charge is 2.30. The number of rotatable bonds is 3. The van der Waals surface area contributed by atoms with E-state index < -0.39 is 0 Å². The molecular weight excluding hydrogens is 294 g/mol. The van der Waals surface area contributed by atoms with Crippen LogP contribution in [0.15, 0.2) is 24.3 Å². The lowest BCUT2D eigenvalue weighted by molar-refractivity contribution is -0.127. The summed E-state index contributed by atoms with van der Waals surface area (Å²) in [7, 11) is 1.52. The molecule has 2 heterocycles. The van der Waals surface area contributed by atoms with Crippen LogP contribution >= 0.6 is 0 Å². The fourth-order valence-electron chi connectivity index (χ4n) is 3.14. The van der Waals surface area contributed by atoms with Crippen LogP contribution in [-0.2, 0) is 9.59 Å². The molecule has 0 atom stereocenters. The molecule has 0 aliphatic carbocycles. The van der Waals surface area contributed by atoms with Gasteiger partial charge in [-0.15, -0.1) is 0 Å². The summed E-state index contributed by atoms with van der Waals surface area (Å²) in [5.41, 5.74) is 1.91. The normalized spacial score (nSPS) is 20.1. The minimum absolute atomic E-state index is 0.138. The topological polar surface area (TPSA) is 60.9 Å². The first kappa shape index (κ1) is 15.5. The smallest absolute Gasteiger partial charge is 0.330 e. The Morgan fingerprint density at radius 3 is 2.22 bits per heavy atom. The maximum Gasteiger partial charge on any atom is 0.330 e. The average Bonchev–Trinajstić information content (AvgIpc) is 2.60. The number of benzene rings is 1. The van der Waals surface area contributed by atoms with E-state index in [0.29, 0.717) is 13.0 Å². The summed E-state index contributed by atoms with van der Waals surface area (Å²) in [6.45, 7) is 2.18. The standard InChI is InChI=1S/C17H21N3O3/c1-18-16(22)8-11-20(17(18)23)15-4-2-14(3-5-15)19-9-6-13(12-21)7-10-19/h2-5,12-13H,6-11H2,1H3. The molecule has 0 spiro atoms. The van der Waals surface area contributed by atoms with Crippen LogP contribution < -0.4 is 9.80 Å². The average molecular weight is 315 g/mol. The number of urea groups is 1. The first-order chi connectivity index (χ1) is 11.1. The molecule has 2 saturated heterocycles. The van der Waals surface area contributed by atoms with Gasteiger partial charge in [-0.05, 0) is 37.1 Å². The summed E-state index contributed by atoms with van der Waals surface area (Å²) < 4.78 is 0. The van der Waals surface area contributed by atoms with Crippen LogP contribution in [0.1, 0.15) is 19.3 Å². The number of hydrogen-bond donors (Lipinski definition) is 0. The van der Waals surface area contributed by atoms with Crippen LogP contribution in [-0.4, -0.2) is 49.8 Å². The summed E-state index contributed by atoms with van der Waals surface area (Å²) >= 11 is 0. The molecule has 2 aliphatic rings. The second-order valence-corrected chi connectivity index (χ2v) is 6.11. The first-order valence-corrected chi connectivity index (χ1v) is 7.98. The van der Waals surface area contributed by atoms with Gasteiger partial charge in [0.15, 0.2) is 0 Å². The van der Waals surface area contributed by atoms with Gasteiger partial charge >= 0.3 is 6.03 Å². The SMILES string of the molecule is CN1C(=O)CCN(c2ccc(N3CCC(C=O)CC3)cc2)C1=O. The third-order valence-corrected chi connectivity index (χ3v) is 4.70. The van der Waals surface area contributed by atoms with Crippen molar-refractivity contribution in [2.75, 3.05) is 36.5 Å². The Kier molecular flexibility index (Phi) is 4.32. The Morgan fingerprint density at radius 2 is 1.61 bits per heavy atom. The minimum atomic E-state index is -0.277. The van der Waals surface area contributed by atoms with E-state index >= 15 is 0 Å². The zero-order valence-electron chi connectivity index (χ0n) is 13.3. The molecule has 1 aromatic carbocycles. The van der Waals surface area contributed by atoms with E-state index in [-0.39, 0.29) is 17.9 Å². The van der Waals surface area contributed by atoms with E-state index in [4.69, 9.17) is 0 Å². The number of carbonyl (C=O) groups is 3. The van der Waals surface area contributed by atoms with Gasteiger partial charge in [0.25, 0.3) is 0 Å². The molecule has 2 aliphatic heterocycles. The lowest BCUT2D eigenvalue weighted by Gasteiger charge is -2.33. The summed E-state index contributed by atoms with van der Waals surface area (Å²) in [6.07, 6.45) is 3.19. The van der Waals surface area contributed by atoms with Crippen LogP contribution in [0.5, 0.6) is 0 Å². The van der Waals surface area contributed by atoms with E-state index in [1.807, 2.05) is 24.3 Å². The molecule has 6 nitrogen and oxygen atoms in total. The number of carbonyl (C=O) groups excluding carboxylic acids is 3. The van der Waals surface area contributed by atoms with Gasteiger partial charge in [0.05, 0.1) is 0 Å². The van der Waals surface area contributed by atoms with Crippen LogP contribution in [0.25, 0.3) is 0 Å². The summed E-state index contributed by atoms with van der Waals surface area (Å²) in [5, 5.41) is 0. The fraction of sp³-hybridized carbons (Fsp3) is 0.471. The predicted octanol–water partition coefficient (Wildman–Crippen LogP) is 1.89. The van der Waals surface area contributed by atoms with E-state index in [2.05, 4.69) is 4.90 Å². The summed E-state index contributed by atoms with van der Waals surface area (Å²) in [5.74, 6) is 0.0467. The van der Waals surface area contributed by atoms with Crippen molar-refractivity contribution in [3.63, 3.8) is 0 Å². The van der Waals surface area contributed by atoms with E-state index in [1.54, 1.807) is 4.90 Å². The highest BCUT2D eigenvalue weighted by Crippen LogP contribution is 2.26. The van der Waals surface area contributed by atoms with Gasteiger partial charge in [0.2, 0.25) is 5.91 Å². The van der Waals surface area contributed by atoms with E-state index in [0.717, 1.165) is 43.6 Å². The summed E-state index contributed by atoms with van der Waals surface area (Å²) in [6, 6.07) is 7.56. The van der Waals surface area contributed by atoms with Crippen LogP contribution in [0, 0.1) is 5.92 Å². The van der Waals surface area contributed by atoms with Crippen molar-refractivity contribution < 1.29 is 14.4 Å². The Hall–Kier alpha value is -2.37. The molecule has 23 heavy (non-hydrogen) atoms. The molecule has 6 heteroatoms. The molecule has 2 fully saturated rings. The molecule has 0 unspecified atom stereocenters. The number of amides is 3. The Morgan fingerprint density at radius 1 is 1.00 bits per heavy atom. The number of hydrogen-bond acceptors (Lipinski definition) is 4. The van der Waals surface area contributed by atoms with Crippen molar-refractivity contribution in [2.45, 2.75) is 19.3 Å². The van der Waals surface area contributed by atoms with Gasteiger partial charge in [0.1, 0.15) is 6.29 Å². The number of nitrogens with zero attached hydrogens (tertiary/aromatic N) is 3. The zero-order valence-corrected chi connectivity index (χ0v) is 13.3. The van der Waals surface area contributed by atoms with Crippen LogP contribution in [0.2, 0.25) is 0 Å². The predicted molar refractivity (Wildman–Crippen MR) is 87.6 cm³/mol. The largest absolute Gasteiger partial charge is 0.371 e. The van der Waals surface area contributed by atoms with Crippen molar-refractivity contribution >= 4 is 29.6 Å². The maximum absolute atomic E-state index is 12.2.